The van der Waals surface area contributed by atoms with E-state index >= 15 is 0 Å². The van der Waals surface area contributed by atoms with Gasteiger partial charge in [0.15, 0.2) is 0 Å². The van der Waals surface area contributed by atoms with Crippen molar-refractivity contribution in [3.05, 3.63) is 37.1 Å². The van der Waals surface area contributed by atoms with Crippen molar-refractivity contribution < 1.29 is 0 Å². The molecule has 1 rings (SSSR count). The molecule has 0 heterocycles. The monoisotopic (exact) mass is 177 g/mol. The lowest BCUT2D eigenvalue weighted by Crippen LogP contribution is -2.23. The van der Waals surface area contributed by atoms with Crippen molar-refractivity contribution in [2.24, 2.45) is 5.92 Å². The van der Waals surface area contributed by atoms with Crippen molar-refractivity contribution in [3.63, 3.8) is 0 Å². The van der Waals surface area contributed by atoms with Crippen LogP contribution >= 0.6 is 0 Å². The van der Waals surface area contributed by atoms with E-state index in [0.717, 1.165) is 5.92 Å². The molecule has 0 aromatic rings. The predicted molar refractivity (Wildman–Crippen MR) is 58.4 cm³/mol. The predicted octanol–water partition coefficient (Wildman–Crippen LogP) is 2.97. The van der Waals surface area contributed by atoms with Crippen LogP contribution in [0.2, 0.25) is 0 Å². The summed E-state index contributed by atoms with van der Waals surface area (Å²) in [5.74, 6) is 0.782. The summed E-state index contributed by atoms with van der Waals surface area (Å²) in [6.45, 7) is 5.91. The summed E-state index contributed by atoms with van der Waals surface area (Å²) >= 11 is 0. The van der Waals surface area contributed by atoms with E-state index in [4.69, 9.17) is 0 Å². The zero-order valence-electron chi connectivity index (χ0n) is 8.61. The Labute approximate surface area is 81.4 Å². The lowest BCUT2D eigenvalue weighted by atomic mass is 10.1. The van der Waals surface area contributed by atoms with Crippen LogP contribution in [-0.2, 0) is 0 Å². The summed E-state index contributed by atoms with van der Waals surface area (Å²) in [4.78, 5) is 2.24. The van der Waals surface area contributed by atoms with Gasteiger partial charge in [0.1, 0.15) is 0 Å². The molecule has 1 aliphatic carbocycles. The summed E-state index contributed by atoms with van der Waals surface area (Å²) in [6, 6.07) is 0.584. The molecular weight excluding hydrogens is 158 g/mol. The standard InChI is InChI=1S/C12H19N/c1-4-6-9-13(3)12-8-7-11(5-2)10-12/h4,6-9,11-12H,1,5,10H2,2-3H3/b9-6-. The maximum atomic E-state index is 3.66. The highest BCUT2D eigenvalue weighted by Gasteiger charge is 2.18. The number of rotatable bonds is 4. The lowest BCUT2D eigenvalue weighted by molar-refractivity contribution is 0.353. The molecule has 0 bridgehead atoms. The zero-order valence-corrected chi connectivity index (χ0v) is 8.61. The van der Waals surface area contributed by atoms with Gasteiger partial charge in [-0.2, -0.15) is 0 Å². The van der Waals surface area contributed by atoms with Crippen molar-refractivity contribution in [1.82, 2.24) is 4.90 Å². The van der Waals surface area contributed by atoms with E-state index in [9.17, 15) is 0 Å². The molecule has 1 heteroatoms. The number of allylic oxidation sites excluding steroid dienone is 3. The zero-order chi connectivity index (χ0) is 9.68. The number of nitrogens with zero attached hydrogens (tertiary/aromatic N) is 1. The van der Waals surface area contributed by atoms with E-state index in [1.807, 2.05) is 12.2 Å². The van der Waals surface area contributed by atoms with Crippen LogP contribution in [0.4, 0.5) is 0 Å². The third kappa shape index (κ3) is 2.76. The molecule has 0 aliphatic heterocycles. The van der Waals surface area contributed by atoms with Crippen LogP contribution in [0.25, 0.3) is 0 Å². The first kappa shape index (κ1) is 10.1. The van der Waals surface area contributed by atoms with Gasteiger partial charge in [-0.05, 0) is 31.0 Å². The maximum Gasteiger partial charge on any atom is 0.0470 e. The second-order valence-corrected chi connectivity index (χ2v) is 3.60. The fourth-order valence-corrected chi connectivity index (χ4v) is 1.66. The molecule has 0 saturated heterocycles. The molecule has 0 N–H and O–H groups in total. The first-order chi connectivity index (χ1) is 6.27. The molecule has 0 radical (unpaired) electrons. The first-order valence-corrected chi connectivity index (χ1v) is 4.97. The Balaban J connectivity index is 2.42. The van der Waals surface area contributed by atoms with Gasteiger partial charge < -0.3 is 4.90 Å². The Kier molecular flexibility index (Phi) is 3.81. The minimum absolute atomic E-state index is 0.584. The summed E-state index contributed by atoms with van der Waals surface area (Å²) in [5, 5.41) is 0. The number of hydrogen-bond acceptors (Lipinski definition) is 1. The smallest absolute Gasteiger partial charge is 0.0470 e. The highest BCUT2D eigenvalue weighted by molar-refractivity contribution is 5.08. The van der Waals surface area contributed by atoms with E-state index in [0.29, 0.717) is 6.04 Å². The topological polar surface area (TPSA) is 3.24 Å². The van der Waals surface area contributed by atoms with Crippen molar-refractivity contribution in [2.75, 3.05) is 7.05 Å². The summed E-state index contributed by atoms with van der Waals surface area (Å²) in [6.07, 6.45) is 13.0. The van der Waals surface area contributed by atoms with Crippen molar-refractivity contribution in [2.45, 2.75) is 25.8 Å². The van der Waals surface area contributed by atoms with E-state index in [1.54, 1.807) is 0 Å². The van der Waals surface area contributed by atoms with E-state index < -0.39 is 0 Å². The number of hydrogen-bond donors (Lipinski definition) is 0. The highest BCUT2D eigenvalue weighted by atomic mass is 15.1. The average Bonchev–Trinajstić information content (AvgIpc) is 2.62. The van der Waals surface area contributed by atoms with Crippen LogP contribution in [0.3, 0.4) is 0 Å². The van der Waals surface area contributed by atoms with Gasteiger partial charge in [-0.15, -0.1) is 0 Å². The largest absolute Gasteiger partial charge is 0.374 e. The van der Waals surface area contributed by atoms with E-state index in [1.165, 1.54) is 12.8 Å². The quantitative estimate of drug-likeness (QED) is 0.471. The second-order valence-electron chi connectivity index (χ2n) is 3.60. The Bertz CT molecular complexity index is 215. The Hall–Kier alpha value is -0.980. The molecule has 0 saturated carbocycles. The molecule has 0 spiro atoms. The van der Waals surface area contributed by atoms with E-state index in [2.05, 4.69) is 43.8 Å². The molecule has 13 heavy (non-hydrogen) atoms. The molecule has 0 aromatic heterocycles. The van der Waals surface area contributed by atoms with Gasteiger partial charge >= 0.3 is 0 Å². The molecule has 72 valence electrons. The van der Waals surface area contributed by atoms with Crippen LogP contribution in [0, 0.1) is 5.92 Å². The number of likely N-dealkylation sites (N-methyl/N-ethyl adjacent to an activating group) is 1. The third-order valence-corrected chi connectivity index (χ3v) is 2.65. The molecular formula is C12H19N. The molecule has 2 atom stereocenters. The summed E-state index contributed by atoms with van der Waals surface area (Å²) in [5.41, 5.74) is 0. The van der Waals surface area contributed by atoms with Gasteiger partial charge in [0.2, 0.25) is 0 Å². The summed E-state index contributed by atoms with van der Waals surface area (Å²) < 4.78 is 0. The Morgan fingerprint density at radius 1 is 1.54 bits per heavy atom. The second kappa shape index (κ2) is 4.90. The summed E-state index contributed by atoms with van der Waals surface area (Å²) in [7, 11) is 2.12. The fourth-order valence-electron chi connectivity index (χ4n) is 1.66. The van der Waals surface area contributed by atoms with Gasteiger partial charge in [0.05, 0.1) is 0 Å². The third-order valence-electron chi connectivity index (χ3n) is 2.65. The Morgan fingerprint density at radius 3 is 2.85 bits per heavy atom. The van der Waals surface area contributed by atoms with Crippen LogP contribution in [0.15, 0.2) is 37.1 Å². The van der Waals surface area contributed by atoms with Crippen molar-refractivity contribution in [3.8, 4) is 0 Å². The first-order valence-electron chi connectivity index (χ1n) is 4.97. The van der Waals surface area contributed by atoms with Gasteiger partial charge in [-0.25, -0.2) is 0 Å². The molecule has 0 fully saturated rings. The van der Waals surface area contributed by atoms with Crippen LogP contribution in [0.1, 0.15) is 19.8 Å². The van der Waals surface area contributed by atoms with E-state index in [-0.39, 0.29) is 0 Å². The maximum absolute atomic E-state index is 3.66. The molecule has 2 unspecified atom stereocenters. The van der Waals surface area contributed by atoms with Gasteiger partial charge in [0.25, 0.3) is 0 Å². The lowest BCUT2D eigenvalue weighted by Gasteiger charge is -2.21. The molecule has 1 nitrogen and oxygen atoms in total. The molecule has 0 aromatic carbocycles. The Morgan fingerprint density at radius 2 is 2.31 bits per heavy atom. The van der Waals surface area contributed by atoms with Crippen LogP contribution in [0.5, 0.6) is 0 Å². The SMILES string of the molecule is C=C/C=C\N(C)C1C=CC(CC)C1. The molecule has 0 amide bonds. The van der Waals surface area contributed by atoms with Crippen molar-refractivity contribution >= 4 is 0 Å². The average molecular weight is 177 g/mol. The minimum Gasteiger partial charge on any atom is -0.374 e. The van der Waals surface area contributed by atoms with Gasteiger partial charge in [-0.1, -0.05) is 31.7 Å². The van der Waals surface area contributed by atoms with Crippen LogP contribution in [-0.4, -0.2) is 18.0 Å². The van der Waals surface area contributed by atoms with Gasteiger partial charge in [-0.3, -0.25) is 0 Å². The normalized spacial score (nSPS) is 26.9. The van der Waals surface area contributed by atoms with Crippen LogP contribution < -0.4 is 0 Å². The van der Waals surface area contributed by atoms with Gasteiger partial charge in [0, 0.05) is 13.1 Å². The highest BCUT2D eigenvalue weighted by Crippen LogP contribution is 2.23. The van der Waals surface area contributed by atoms with Crippen molar-refractivity contribution in [1.29, 1.82) is 0 Å². The fraction of sp³-hybridized carbons (Fsp3) is 0.500. The minimum atomic E-state index is 0.584. The molecule has 1 aliphatic rings.